The summed E-state index contributed by atoms with van der Waals surface area (Å²) in [5, 5.41) is 0. The van der Waals surface area contributed by atoms with E-state index in [9.17, 15) is 0 Å². The molecule has 0 fully saturated rings. The van der Waals surface area contributed by atoms with E-state index in [1.54, 1.807) is 5.56 Å². The molecule has 0 amide bonds. The number of fused-ring (bicyclic) bond motifs is 1. The van der Waals surface area contributed by atoms with Gasteiger partial charge in [0, 0.05) is 0 Å². The molecule has 0 radical (unpaired) electrons. The summed E-state index contributed by atoms with van der Waals surface area (Å²) >= 11 is -2.34. The minimum Gasteiger partial charge on any atom is -1.00 e. The van der Waals surface area contributed by atoms with Crippen molar-refractivity contribution in [1.82, 2.24) is 0 Å². The van der Waals surface area contributed by atoms with E-state index in [0.29, 0.717) is 0 Å². The summed E-state index contributed by atoms with van der Waals surface area (Å²) in [6, 6.07) is 4.61. The van der Waals surface area contributed by atoms with E-state index < -0.39 is 20.3 Å². The second-order valence-corrected chi connectivity index (χ2v) is 19.3. The largest absolute Gasteiger partial charge is 1.00 e. The molecule has 0 heterocycles. The summed E-state index contributed by atoms with van der Waals surface area (Å²) < 4.78 is 4.37. The Hall–Kier alpha value is -0.0969. The molecule has 0 nitrogen and oxygen atoms in total. The summed E-state index contributed by atoms with van der Waals surface area (Å²) in [5.74, 6) is 0. The van der Waals surface area contributed by atoms with Crippen LogP contribution in [0.4, 0.5) is 0 Å². The first-order valence-electron chi connectivity index (χ1n) is 8.27. The molecule has 0 spiro atoms. The Morgan fingerprint density at radius 1 is 0.870 bits per heavy atom. The maximum absolute atomic E-state index is 2.56. The van der Waals surface area contributed by atoms with Crippen LogP contribution in [0.3, 0.4) is 0 Å². The van der Waals surface area contributed by atoms with Crippen LogP contribution in [0, 0.1) is 13.8 Å². The summed E-state index contributed by atoms with van der Waals surface area (Å²) in [5.41, 5.74) is 6.14. The molecular weight excluding hydrogens is 402 g/mol. The average Bonchev–Trinajstić information content (AvgIpc) is 3.16. The number of aryl methyl sites for hydroxylation is 2. The van der Waals surface area contributed by atoms with Crippen LogP contribution in [0.15, 0.2) is 42.5 Å². The molecule has 0 N–H and O–H groups in total. The fourth-order valence-electron chi connectivity index (χ4n) is 4.44. The summed E-state index contributed by atoms with van der Waals surface area (Å²) in [7, 11) is 0. The smallest absolute Gasteiger partial charge is 1.00 e. The van der Waals surface area contributed by atoms with Crippen molar-refractivity contribution in [2.24, 2.45) is 0 Å². The Morgan fingerprint density at radius 2 is 1.43 bits per heavy atom. The van der Waals surface area contributed by atoms with Gasteiger partial charge in [0.15, 0.2) is 0 Å². The molecule has 0 aliphatic heterocycles. The van der Waals surface area contributed by atoms with Crippen molar-refractivity contribution >= 4 is 6.08 Å². The first-order chi connectivity index (χ1) is 10.1. The second kappa shape index (κ2) is 8.33. The number of allylic oxidation sites excluding steroid dienone is 5. The molecule has 1 unspecified atom stereocenters. The first-order valence-corrected chi connectivity index (χ1v) is 14.6. The summed E-state index contributed by atoms with van der Waals surface area (Å²) in [6.07, 6.45) is 14.5. The van der Waals surface area contributed by atoms with Crippen molar-refractivity contribution in [2.45, 2.75) is 43.2 Å². The fraction of sp³-hybridized carbons (Fsp3) is 0.400. The van der Waals surface area contributed by atoms with Gasteiger partial charge in [-0.25, -0.2) is 0 Å². The summed E-state index contributed by atoms with van der Waals surface area (Å²) in [6.45, 7) is 9.48. The van der Waals surface area contributed by atoms with E-state index in [1.165, 1.54) is 24.9 Å². The Bertz CT molecular complexity index is 627. The van der Waals surface area contributed by atoms with Gasteiger partial charge in [0.2, 0.25) is 0 Å². The molecule has 0 bridgehead atoms. The van der Waals surface area contributed by atoms with Crippen LogP contribution in [0.5, 0.6) is 0 Å². The van der Waals surface area contributed by atoms with Gasteiger partial charge in [-0.05, 0) is 0 Å². The van der Waals surface area contributed by atoms with Gasteiger partial charge in [0.25, 0.3) is 0 Å². The molecule has 23 heavy (non-hydrogen) atoms. The Labute approximate surface area is 158 Å². The maximum Gasteiger partial charge on any atom is -1.00 e. The molecule has 3 rings (SSSR count). The van der Waals surface area contributed by atoms with Crippen molar-refractivity contribution in [1.29, 1.82) is 0 Å². The number of benzene rings is 1. The summed E-state index contributed by atoms with van der Waals surface area (Å²) in [4.78, 5) is 0. The minimum atomic E-state index is -2.34. The quantitative estimate of drug-likeness (QED) is 0.648. The number of rotatable bonds is 4. The van der Waals surface area contributed by atoms with E-state index in [0.717, 1.165) is 7.25 Å². The topological polar surface area (TPSA) is 0 Å². The zero-order valence-corrected chi connectivity index (χ0v) is 18.4. The predicted octanol–water partition coefficient (Wildman–Crippen LogP) is 0.324. The minimum absolute atomic E-state index is 0. The molecule has 2 aliphatic rings. The standard InChI is InChI=1S/C11H11.C5H5.2C2H5.2ClH.Zr/c1-8-6-7-9(2)11-5-3-4-10(8)11;1-2-4-5-3-1;2*1-2;;;/h3-7H,1-2H3;1-5H;2*1H2,2H3;2*1H;/p-2. The molecule has 2 aliphatic carbocycles. The van der Waals surface area contributed by atoms with Crippen LogP contribution >= 0.6 is 0 Å². The van der Waals surface area contributed by atoms with Crippen LogP contribution in [0.25, 0.3) is 6.08 Å². The first kappa shape index (κ1) is 20.9. The van der Waals surface area contributed by atoms with Crippen LogP contribution in [0.2, 0.25) is 11.9 Å². The molecule has 0 saturated carbocycles. The fourth-order valence-corrected chi connectivity index (χ4v) is 17.1. The Kier molecular flexibility index (Phi) is 7.58. The third-order valence-corrected chi connectivity index (χ3v) is 20.7. The normalized spacial score (nSPS) is 18.7. The zero-order chi connectivity index (χ0) is 15.0. The van der Waals surface area contributed by atoms with Gasteiger partial charge in [0.1, 0.15) is 0 Å². The van der Waals surface area contributed by atoms with Gasteiger partial charge < -0.3 is 24.8 Å². The SMILES string of the molecule is C[CH2][Zr]([CH2]C)([CH]1C=CC=C1)[CH]1C=Cc2c(C)ccc(C)c21.[Cl-].[Cl-]. The van der Waals surface area contributed by atoms with Crippen molar-refractivity contribution in [3.8, 4) is 0 Å². The van der Waals surface area contributed by atoms with Crippen molar-refractivity contribution in [2.75, 3.05) is 0 Å². The average molecular weight is 429 g/mol. The molecule has 1 aromatic carbocycles. The number of hydrogen-bond donors (Lipinski definition) is 0. The molecule has 3 heteroatoms. The van der Waals surface area contributed by atoms with Crippen molar-refractivity contribution < 1.29 is 45.1 Å². The van der Waals surface area contributed by atoms with Crippen LogP contribution in [-0.4, -0.2) is 0 Å². The third-order valence-electron chi connectivity index (χ3n) is 5.84. The van der Waals surface area contributed by atoms with Gasteiger partial charge in [-0.1, -0.05) is 0 Å². The molecule has 126 valence electrons. The second-order valence-electron chi connectivity index (χ2n) is 6.60. The predicted molar refractivity (Wildman–Crippen MR) is 90.7 cm³/mol. The van der Waals surface area contributed by atoms with Gasteiger partial charge in [-0.2, -0.15) is 0 Å². The van der Waals surface area contributed by atoms with Crippen LogP contribution in [0.1, 0.15) is 39.7 Å². The van der Waals surface area contributed by atoms with Crippen molar-refractivity contribution in [3.63, 3.8) is 0 Å². The van der Waals surface area contributed by atoms with Crippen LogP contribution in [-0.2, 0) is 20.3 Å². The molecule has 0 saturated heterocycles. The third kappa shape index (κ3) is 3.35. The van der Waals surface area contributed by atoms with Gasteiger partial charge in [-0.3, -0.25) is 0 Å². The molecule has 0 aromatic heterocycles. The number of halogens is 2. The number of hydrogen-bond acceptors (Lipinski definition) is 0. The zero-order valence-electron chi connectivity index (χ0n) is 14.4. The molecule has 1 atom stereocenters. The monoisotopic (exact) mass is 426 g/mol. The van der Waals surface area contributed by atoms with Gasteiger partial charge >= 0.3 is 134 Å². The molecular formula is C20H26Cl2Zr-2. The maximum atomic E-state index is 2.56. The van der Waals surface area contributed by atoms with Crippen molar-refractivity contribution in [3.05, 3.63) is 64.8 Å². The Morgan fingerprint density at radius 3 is 2.00 bits per heavy atom. The van der Waals surface area contributed by atoms with E-state index in [2.05, 4.69) is 76.3 Å². The van der Waals surface area contributed by atoms with Crippen LogP contribution < -0.4 is 24.8 Å². The molecule has 1 aromatic rings. The van der Waals surface area contributed by atoms with Gasteiger partial charge in [0.05, 0.1) is 0 Å². The van der Waals surface area contributed by atoms with Gasteiger partial charge in [-0.15, -0.1) is 0 Å². The Balaban J connectivity index is 0.00000132. The van der Waals surface area contributed by atoms with E-state index in [-0.39, 0.29) is 24.8 Å². The van der Waals surface area contributed by atoms with E-state index in [1.807, 2.05) is 0 Å². The van der Waals surface area contributed by atoms with E-state index in [4.69, 9.17) is 0 Å². The van der Waals surface area contributed by atoms with E-state index >= 15 is 0 Å².